The molecule has 0 aromatic heterocycles. The molecule has 2 heteroatoms. The largest absolute Gasteiger partial charge is 0.310 e. The maximum atomic E-state index is 2.38. The van der Waals surface area contributed by atoms with Crippen LogP contribution in [0.4, 0.5) is 34.1 Å². The molecule has 0 amide bonds. The van der Waals surface area contributed by atoms with Crippen LogP contribution in [-0.2, 0) is 0 Å². The second-order valence-corrected chi connectivity index (χ2v) is 21.7. The van der Waals surface area contributed by atoms with Crippen molar-refractivity contribution in [2.45, 2.75) is 0 Å². The molecule has 15 aromatic rings. The van der Waals surface area contributed by atoms with Gasteiger partial charge in [-0.15, -0.1) is 0 Å². The summed E-state index contributed by atoms with van der Waals surface area (Å²) >= 11 is 0. The molecule has 394 valence electrons. The van der Waals surface area contributed by atoms with E-state index in [0.29, 0.717) is 0 Å². The van der Waals surface area contributed by atoms with Crippen LogP contribution in [0.25, 0.3) is 111 Å². The van der Waals surface area contributed by atoms with Gasteiger partial charge < -0.3 is 9.80 Å². The molecule has 15 rings (SSSR count). The van der Waals surface area contributed by atoms with Crippen molar-refractivity contribution in [2.24, 2.45) is 0 Å². The SMILES string of the molecule is C(=C\c1ccc2c(-c3ccccc3)c(-c3ccccc3)c3ccc(/C=C/c4ccc(N(c5ccccc5)c5ccc6ccc7ccccc7c6c5)cc4)cc3c2c1)/c1ccc(N(c2ccccc2)c2ccc3ccc4ccccc4c3c2)cc1. The third kappa shape index (κ3) is 9.52. The zero-order valence-corrected chi connectivity index (χ0v) is 46.2. The summed E-state index contributed by atoms with van der Waals surface area (Å²) in [5.74, 6) is 0. The van der Waals surface area contributed by atoms with Crippen molar-refractivity contribution < 1.29 is 0 Å². The molecule has 0 heterocycles. The molecule has 0 fully saturated rings. The van der Waals surface area contributed by atoms with Crippen LogP contribution < -0.4 is 9.80 Å². The second kappa shape index (κ2) is 21.8. The van der Waals surface area contributed by atoms with Gasteiger partial charge >= 0.3 is 0 Å². The number of hydrogen-bond acceptors (Lipinski definition) is 2. The summed E-state index contributed by atoms with van der Waals surface area (Å²) in [5, 5.41) is 14.8. The summed E-state index contributed by atoms with van der Waals surface area (Å²) in [4.78, 5) is 4.70. The molecule has 0 aliphatic heterocycles. The van der Waals surface area contributed by atoms with E-state index in [1.807, 2.05) is 0 Å². The molecule has 0 bridgehead atoms. The van der Waals surface area contributed by atoms with Gasteiger partial charge in [-0.2, -0.15) is 0 Å². The third-order valence-corrected chi connectivity index (χ3v) is 16.5. The van der Waals surface area contributed by atoms with Gasteiger partial charge in [0.15, 0.2) is 0 Å². The lowest BCUT2D eigenvalue weighted by Crippen LogP contribution is -2.09. The quantitative estimate of drug-likeness (QED) is 0.0889. The lowest BCUT2D eigenvalue weighted by molar-refractivity contribution is 1.29. The van der Waals surface area contributed by atoms with E-state index in [1.165, 1.54) is 86.9 Å². The smallest absolute Gasteiger partial charge is 0.0468 e. The Morgan fingerprint density at radius 2 is 0.476 bits per heavy atom. The molecule has 0 radical (unpaired) electrons. The van der Waals surface area contributed by atoms with E-state index in [0.717, 1.165) is 56.4 Å². The molecule has 0 aliphatic carbocycles. The number of nitrogens with zero attached hydrogens (tertiary/aromatic N) is 2. The fourth-order valence-corrected chi connectivity index (χ4v) is 12.5. The minimum atomic E-state index is 1.10. The minimum Gasteiger partial charge on any atom is -0.310 e. The van der Waals surface area contributed by atoms with Gasteiger partial charge in [0.05, 0.1) is 0 Å². The predicted octanol–water partition coefficient (Wildman–Crippen LogP) is 23.2. The first-order valence-electron chi connectivity index (χ1n) is 28.9. The van der Waals surface area contributed by atoms with Crippen LogP contribution in [0, 0.1) is 0 Å². The Balaban J connectivity index is 0.785. The van der Waals surface area contributed by atoms with Gasteiger partial charge in [0.1, 0.15) is 0 Å². The molecule has 0 atom stereocenters. The van der Waals surface area contributed by atoms with Crippen LogP contribution in [0.3, 0.4) is 0 Å². The maximum absolute atomic E-state index is 2.38. The van der Waals surface area contributed by atoms with E-state index in [9.17, 15) is 0 Å². The van der Waals surface area contributed by atoms with Crippen LogP contribution in [0.2, 0.25) is 0 Å². The molecule has 0 N–H and O–H groups in total. The van der Waals surface area contributed by atoms with Gasteiger partial charge in [-0.05, 0) is 194 Å². The molecule has 0 unspecified atom stereocenters. The van der Waals surface area contributed by atoms with Gasteiger partial charge in [-0.25, -0.2) is 0 Å². The molecule has 84 heavy (non-hydrogen) atoms. The van der Waals surface area contributed by atoms with Gasteiger partial charge in [-0.3, -0.25) is 0 Å². The van der Waals surface area contributed by atoms with E-state index < -0.39 is 0 Å². The summed E-state index contributed by atoms with van der Waals surface area (Å²) in [6.45, 7) is 0. The van der Waals surface area contributed by atoms with Crippen molar-refractivity contribution in [1.29, 1.82) is 0 Å². The highest BCUT2D eigenvalue weighted by molar-refractivity contribution is 6.22. The van der Waals surface area contributed by atoms with E-state index >= 15 is 0 Å². The van der Waals surface area contributed by atoms with Crippen LogP contribution in [0.1, 0.15) is 22.3 Å². The van der Waals surface area contributed by atoms with Crippen molar-refractivity contribution in [3.63, 3.8) is 0 Å². The van der Waals surface area contributed by atoms with Crippen molar-refractivity contribution in [3.8, 4) is 22.3 Å². The Hall–Kier alpha value is -11.1. The highest BCUT2D eigenvalue weighted by Gasteiger charge is 2.20. The van der Waals surface area contributed by atoms with E-state index in [2.05, 4.69) is 350 Å². The normalized spacial score (nSPS) is 11.7. The summed E-state index contributed by atoms with van der Waals surface area (Å²) in [6, 6.07) is 115. The van der Waals surface area contributed by atoms with Crippen molar-refractivity contribution in [2.75, 3.05) is 9.80 Å². The fourth-order valence-electron chi connectivity index (χ4n) is 12.5. The molecule has 0 aliphatic rings. The first-order valence-corrected chi connectivity index (χ1v) is 28.9. The summed E-state index contributed by atoms with van der Waals surface area (Å²) < 4.78 is 0. The maximum Gasteiger partial charge on any atom is 0.0468 e. The number of benzene rings is 15. The van der Waals surface area contributed by atoms with Crippen LogP contribution >= 0.6 is 0 Å². The molecule has 15 aromatic carbocycles. The van der Waals surface area contributed by atoms with Gasteiger partial charge in [-0.1, -0.05) is 255 Å². The van der Waals surface area contributed by atoms with Crippen molar-refractivity contribution >= 4 is 123 Å². The van der Waals surface area contributed by atoms with Gasteiger partial charge in [0.2, 0.25) is 0 Å². The molecular weight excluding hydrogens is 1010 g/mol. The van der Waals surface area contributed by atoms with Gasteiger partial charge in [0.25, 0.3) is 0 Å². The Bertz CT molecular complexity index is 4650. The Morgan fingerprint density at radius 3 is 0.881 bits per heavy atom. The highest BCUT2D eigenvalue weighted by Crippen LogP contribution is 2.46. The topological polar surface area (TPSA) is 6.48 Å². The fraction of sp³-hybridized carbons (Fsp3) is 0. The number of rotatable bonds is 12. The van der Waals surface area contributed by atoms with Crippen molar-refractivity contribution in [1.82, 2.24) is 0 Å². The molecule has 0 saturated carbocycles. The van der Waals surface area contributed by atoms with Crippen LogP contribution in [0.5, 0.6) is 0 Å². The zero-order valence-electron chi connectivity index (χ0n) is 46.2. The monoisotopic (exact) mass is 1070 g/mol. The van der Waals surface area contributed by atoms with E-state index in [-0.39, 0.29) is 0 Å². The first kappa shape index (κ1) is 49.9. The standard InChI is InChI=1S/C82H56N2/c1-5-19-65(20-6-1)81-75-51-37-59(31-29-57-33-45-69(46-34-57)83(67-23-9-3-10-24-67)71-49-43-63-41-39-61-17-13-15-27-73(61)77(63)55-71)53-79(75)80-54-60(38-52-76(80)82(81)66-21-7-2-8-22-66)32-30-58-35-47-70(48-36-58)84(68-25-11-4-12-26-68)72-50-44-64-42-40-62-18-14-16-28-74(62)78(64)56-72/h1-56H/b31-29+,32-30+. The molecule has 0 spiro atoms. The summed E-state index contributed by atoms with van der Waals surface area (Å²) in [5.41, 5.74) is 16.0. The predicted molar refractivity (Wildman–Crippen MR) is 362 cm³/mol. The minimum absolute atomic E-state index is 1.10. The summed E-state index contributed by atoms with van der Waals surface area (Å²) in [7, 11) is 0. The van der Waals surface area contributed by atoms with Crippen LogP contribution in [0.15, 0.2) is 315 Å². The lowest BCUT2D eigenvalue weighted by Gasteiger charge is -2.26. The molecular formula is C82H56N2. The molecule has 0 saturated heterocycles. The zero-order chi connectivity index (χ0) is 55.8. The Kier molecular flexibility index (Phi) is 12.9. The number of para-hydroxylation sites is 2. The average Bonchev–Trinajstić information content (AvgIpc) is 3.62. The second-order valence-electron chi connectivity index (χ2n) is 21.7. The highest BCUT2D eigenvalue weighted by atomic mass is 15.1. The Labute approximate surface area is 490 Å². The van der Waals surface area contributed by atoms with E-state index in [1.54, 1.807) is 0 Å². The number of anilines is 6. The molecule has 2 nitrogen and oxygen atoms in total. The summed E-state index contributed by atoms with van der Waals surface area (Å²) in [6.07, 6.45) is 8.98. The Morgan fingerprint density at radius 1 is 0.179 bits per heavy atom. The lowest BCUT2D eigenvalue weighted by atomic mass is 9.84. The average molecular weight is 1070 g/mol. The number of fused-ring (bicyclic) bond motifs is 9. The van der Waals surface area contributed by atoms with Crippen molar-refractivity contribution in [3.05, 3.63) is 338 Å². The van der Waals surface area contributed by atoms with Crippen LogP contribution in [-0.4, -0.2) is 0 Å². The number of hydrogen-bond donors (Lipinski definition) is 0. The third-order valence-electron chi connectivity index (χ3n) is 16.5. The first-order chi connectivity index (χ1) is 41.6. The van der Waals surface area contributed by atoms with Gasteiger partial charge in [0, 0.05) is 34.1 Å². The van der Waals surface area contributed by atoms with E-state index in [4.69, 9.17) is 0 Å².